The molecule has 0 aromatic carbocycles. The summed E-state index contributed by atoms with van der Waals surface area (Å²) in [6, 6.07) is 0.284. The van der Waals surface area contributed by atoms with E-state index in [1.165, 1.54) is 0 Å². The van der Waals surface area contributed by atoms with Crippen molar-refractivity contribution in [2.45, 2.75) is 31.7 Å². The first-order chi connectivity index (χ1) is 7.16. The van der Waals surface area contributed by atoms with Gasteiger partial charge in [-0.15, -0.1) is 0 Å². The van der Waals surface area contributed by atoms with Crippen molar-refractivity contribution in [3.63, 3.8) is 0 Å². The first-order valence-corrected chi connectivity index (χ1v) is 5.77. The molecule has 1 saturated heterocycles. The van der Waals surface area contributed by atoms with E-state index in [1.807, 2.05) is 0 Å². The van der Waals surface area contributed by atoms with Gasteiger partial charge in [0.1, 0.15) is 0 Å². The summed E-state index contributed by atoms with van der Waals surface area (Å²) in [6.45, 7) is 1.99. The van der Waals surface area contributed by atoms with E-state index in [2.05, 4.69) is 17.3 Å². The van der Waals surface area contributed by atoms with Gasteiger partial charge in [0.05, 0.1) is 12.0 Å². The van der Waals surface area contributed by atoms with Crippen molar-refractivity contribution in [3.8, 4) is 0 Å². The van der Waals surface area contributed by atoms with Crippen LogP contribution < -0.4 is 5.32 Å². The minimum absolute atomic E-state index is 0.00138. The van der Waals surface area contributed by atoms with Crippen LogP contribution in [-0.4, -0.2) is 48.7 Å². The molecule has 0 bridgehead atoms. The third-order valence-corrected chi connectivity index (χ3v) is 3.82. The summed E-state index contributed by atoms with van der Waals surface area (Å²) in [4.78, 5) is 14.2. The van der Waals surface area contributed by atoms with Crippen LogP contribution >= 0.6 is 0 Å². The van der Waals surface area contributed by atoms with Crippen LogP contribution in [0.3, 0.4) is 0 Å². The summed E-state index contributed by atoms with van der Waals surface area (Å²) in [6.07, 6.45) is 3.79. The third kappa shape index (κ3) is 2.01. The highest BCUT2D eigenvalue weighted by Crippen LogP contribution is 2.40. The topological polar surface area (TPSA) is 52.6 Å². The first-order valence-electron chi connectivity index (χ1n) is 5.77. The maximum Gasteiger partial charge on any atom is 0.228 e. The number of aliphatic hydroxyl groups excluding tert-OH is 1. The number of aliphatic hydroxyl groups is 1. The average molecular weight is 212 g/mol. The number of likely N-dealkylation sites (tertiary alicyclic amines) is 1. The number of nitrogens with one attached hydrogen (secondary N) is 1. The van der Waals surface area contributed by atoms with Gasteiger partial charge < -0.3 is 15.3 Å². The molecule has 0 aromatic heterocycles. The molecule has 0 radical (unpaired) electrons. The number of hydrogen-bond donors (Lipinski definition) is 2. The Morgan fingerprint density at radius 1 is 1.60 bits per heavy atom. The molecule has 1 atom stereocenters. The molecule has 1 heterocycles. The lowest BCUT2D eigenvalue weighted by Crippen LogP contribution is -2.51. The van der Waals surface area contributed by atoms with Crippen molar-refractivity contribution < 1.29 is 9.90 Å². The maximum absolute atomic E-state index is 12.0. The summed E-state index contributed by atoms with van der Waals surface area (Å²) >= 11 is 0. The Kier molecular flexibility index (Phi) is 2.98. The summed E-state index contributed by atoms with van der Waals surface area (Å²) in [5, 5.41) is 12.3. The van der Waals surface area contributed by atoms with Crippen molar-refractivity contribution in [2.24, 2.45) is 5.41 Å². The summed E-state index contributed by atoms with van der Waals surface area (Å²) in [5.41, 5.74) is -0.443. The average Bonchev–Trinajstić information content (AvgIpc) is 2.50. The van der Waals surface area contributed by atoms with Gasteiger partial charge >= 0.3 is 0 Å². The molecule has 2 rings (SSSR count). The quantitative estimate of drug-likeness (QED) is 0.690. The lowest BCUT2D eigenvalue weighted by molar-refractivity contribution is -0.140. The third-order valence-electron chi connectivity index (χ3n) is 3.82. The van der Waals surface area contributed by atoms with Crippen LogP contribution in [0.2, 0.25) is 0 Å². The van der Waals surface area contributed by atoms with Crippen LogP contribution in [0.1, 0.15) is 25.7 Å². The van der Waals surface area contributed by atoms with E-state index >= 15 is 0 Å². The van der Waals surface area contributed by atoms with Gasteiger partial charge in [-0.3, -0.25) is 4.79 Å². The van der Waals surface area contributed by atoms with Crippen LogP contribution in [0.25, 0.3) is 0 Å². The van der Waals surface area contributed by atoms with Crippen molar-refractivity contribution >= 4 is 5.91 Å². The lowest BCUT2D eigenvalue weighted by atomic mass is 9.68. The Morgan fingerprint density at radius 2 is 2.33 bits per heavy atom. The Morgan fingerprint density at radius 3 is 2.73 bits per heavy atom. The number of carbonyl (C=O) groups is 1. The molecule has 4 heteroatoms. The highest BCUT2D eigenvalue weighted by Gasteiger charge is 2.44. The molecule has 2 fully saturated rings. The molecule has 0 spiro atoms. The van der Waals surface area contributed by atoms with E-state index in [-0.39, 0.29) is 18.6 Å². The molecule has 1 aliphatic heterocycles. The van der Waals surface area contributed by atoms with Gasteiger partial charge in [0, 0.05) is 12.6 Å². The normalized spacial score (nSPS) is 29.9. The lowest BCUT2D eigenvalue weighted by Gasteiger charge is -2.39. The summed E-state index contributed by atoms with van der Waals surface area (Å²) in [5.74, 6) is 0.0663. The molecule has 1 unspecified atom stereocenters. The zero-order valence-corrected chi connectivity index (χ0v) is 9.33. The van der Waals surface area contributed by atoms with Gasteiger partial charge in [-0.25, -0.2) is 0 Å². The van der Waals surface area contributed by atoms with Crippen LogP contribution in [0.15, 0.2) is 0 Å². The Bertz CT molecular complexity index is 245. The highest BCUT2D eigenvalue weighted by atomic mass is 16.3. The van der Waals surface area contributed by atoms with Gasteiger partial charge in [0.25, 0.3) is 0 Å². The minimum Gasteiger partial charge on any atom is -0.395 e. The van der Waals surface area contributed by atoms with Gasteiger partial charge in [0.15, 0.2) is 0 Å². The largest absolute Gasteiger partial charge is 0.395 e. The molecule has 4 nitrogen and oxygen atoms in total. The molecule has 15 heavy (non-hydrogen) atoms. The fraction of sp³-hybridized carbons (Fsp3) is 0.909. The molecule has 0 aromatic rings. The van der Waals surface area contributed by atoms with Crippen LogP contribution in [-0.2, 0) is 4.79 Å². The predicted molar refractivity (Wildman–Crippen MR) is 57.4 cm³/mol. The Balaban J connectivity index is 1.86. The zero-order chi connectivity index (χ0) is 10.9. The second-order valence-corrected chi connectivity index (χ2v) is 5.01. The maximum atomic E-state index is 12.0. The molecule has 2 aliphatic rings. The minimum atomic E-state index is -0.443. The van der Waals surface area contributed by atoms with Gasteiger partial charge in [0.2, 0.25) is 5.91 Å². The second kappa shape index (κ2) is 4.10. The SMILES string of the molecule is CN1CCC(NC(=O)C2(CO)CCC2)C1. The Hall–Kier alpha value is -0.610. The predicted octanol–water partition coefficient (Wildman–Crippen LogP) is -0.0307. The monoisotopic (exact) mass is 212 g/mol. The molecule has 2 N–H and O–H groups in total. The number of amides is 1. The van der Waals surface area contributed by atoms with Gasteiger partial charge in [-0.2, -0.15) is 0 Å². The van der Waals surface area contributed by atoms with Crippen molar-refractivity contribution in [1.82, 2.24) is 10.2 Å². The van der Waals surface area contributed by atoms with E-state index < -0.39 is 5.41 Å². The second-order valence-electron chi connectivity index (χ2n) is 5.01. The van der Waals surface area contributed by atoms with Crippen molar-refractivity contribution in [2.75, 3.05) is 26.7 Å². The molecule has 1 saturated carbocycles. The smallest absolute Gasteiger partial charge is 0.228 e. The van der Waals surface area contributed by atoms with Gasteiger partial charge in [-0.05, 0) is 32.9 Å². The van der Waals surface area contributed by atoms with Crippen LogP contribution in [0.4, 0.5) is 0 Å². The standard InChI is InChI=1S/C11H20N2O2/c1-13-6-3-9(7-13)12-10(15)11(8-14)4-2-5-11/h9,14H,2-8H2,1H3,(H,12,15). The number of rotatable bonds is 3. The first kappa shape index (κ1) is 10.9. The van der Waals surface area contributed by atoms with Crippen molar-refractivity contribution in [3.05, 3.63) is 0 Å². The fourth-order valence-corrected chi connectivity index (χ4v) is 2.45. The van der Waals surface area contributed by atoms with E-state index in [0.29, 0.717) is 0 Å². The summed E-state index contributed by atoms with van der Waals surface area (Å²) in [7, 11) is 2.07. The van der Waals surface area contributed by atoms with Crippen LogP contribution in [0, 0.1) is 5.41 Å². The van der Waals surface area contributed by atoms with Crippen molar-refractivity contribution in [1.29, 1.82) is 0 Å². The molecule has 86 valence electrons. The van der Waals surface area contributed by atoms with E-state index in [1.54, 1.807) is 0 Å². The van der Waals surface area contributed by atoms with Crippen LogP contribution in [0.5, 0.6) is 0 Å². The number of hydrogen-bond acceptors (Lipinski definition) is 3. The summed E-state index contributed by atoms with van der Waals surface area (Å²) < 4.78 is 0. The Labute approximate surface area is 90.6 Å². The van der Waals surface area contributed by atoms with Gasteiger partial charge in [-0.1, -0.05) is 6.42 Å². The molecular formula is C11H20N2O2. The zero-order valence-electron chi connectivity index (χ0n) is 9.33. The van der Waals surface area contributed by atoms with E-state index in [0.717, 1.165) is 38.8 Å². The highest BCUT2D eigenvalue weighted by molar-refractivity contribution is 5.84. The number of likely N-dealkylation sites (N-methyl/N-ethyl adjacent to an activating group) is 1. The fourth-order valence-electron chi connectivity index (χ4n) is 2.45. The van der Waals surface area contributed by atoms with E-state index in [4.69, 9.17) is 0 Å². The molecule has 1 amide bonds. The van der Waals surface area contributed by atoms with E-state index in [9.17, 15) is 9.90 Å². The molecular weight excluding hydrogens is 192 g/mol. The number of nitrogens with zero attached hydrogens (tertiary/aromatic N) is 1. The molecule has 1 aliphatic carbocycles. The number of carbonyl (C=O) groups excluding carboxylic acids is 1.